The van der Waals surface area contributed by atoms with Gasteiger partial charge in [0, 0.05) is 77.9 Å². The maximum absolute atomic E-state index is 12.0. The maximum Gasteiger partial charge on any atom is 0.247 e. The second-order valence-electron chi connectivity index (χ2n) is 17.7. The number of hydrogen-bond donors (Lipinski definition) is 6. The smallest absolute Gasteiger partial charge is 0.247 e. The molecule has 4 aromatic heterocycles. The summed E-state index contributed by atoms with van der Waals surface area (Å²) in [6.45, 7) is 3.79. The van der Waals surface area contributed by atoms with Crippen LogP contribution in [0.15, 0.2) is 41.8 Å². The van der Waals surface area contributed by atoms with Crippen LogP contribution in [0.5, 0.6) is 23.0 Å². The Kier molecular flexibility index (Phi) is 17.0. The van der Waals surface area contributed by atoms with Gasteiger partial charge in [-0.2, -0.15) is 0 Å². The predicted molar refractivity (Wildman–Crippen MR) is 280 cm³/mol. The second-order valence-corrected chi connectivity index (χ2v) is 21.2. The molecule has 2 aliphatic heterocycles. The van der Waals surface area contributed by atoms with Gasteiger partial charge < -0.3 is 61.6 Å². The first kappa shape index (κ1) is 53.2. The molecule has 20 nitrogen and oxygen atoms in total. The SMILES string of the molecule is COc1cc(OC)c(Cl)c(-c2cc3cnc(N[C@@H]4COC[C@@H]4N)nc3c(NCC3CC3)n2)c1Cl.COc1cc(OC)c(Cl)c(-c2cc3cnc(S(C)(=O)=O)nc3c(NCC3CC3)n2)c1Cl.N[C@@H]1COC[C@@H]1N. The fourth-order valence-corrected chi connectivity index (χ4v) is 9.52. The van der Waals surface area contributed by atoms with E-state index < -0.39 is 9.84 Å². The van der Waals surface area contributed by atoms with Crippen LogP contribution >= 0.6 is 46.4 Å². The normalized spacial score (nSPS) is 19.5. The molecule has 0 radical (unpaired) electrons. The molecule has 2 aromatic carbocycles. The van der Waals surface area contributed by atoms with Crippen molar-refractivity contribution in [3.63, 3.8) is 0 Å². The van der Waals surface area contributed by atoms with Crippen LogP contribution in [0.25, 0.3) is 44.3 Å². The van der Waals surface area contributed by atoms with Gasteiger partial charge in [-0.3, -0.25) is 0 Å². The lowest BCUT2D eigenvalue weighted by molar-refractivity contribution is 0.191. The van der Waals surface area contributed by atoms with Crippen LogP contribution in [0.1, 0.15) is 25.7 Å². The highest BCUT2D eigenvalue weighted by molar-refractivity contribution is 7.90. The molecular formula is C47H56Cl4N12O8S. The number of fused-ring (bicyclic) bond motifs is 2. The van der Waals surface area contributed by atoms with Gasteiger partial charge in [-0.1, -0.05) is 46.4 Å². The standard InChI is InChI=1S/C23H26Cl2N6O3.C20H20Cl2N4O4S.C4H10N2O/c1-32-16-6-17(33-2)20(25)18(19(16)24)14-5-12-8-28-23(30-15-10-34-9-13(15)26)31-21(12)22(29-14)27-7-11-3-4-11;1-29-13-7-14(30-2)17(22)15(16(13)21)12-6-11-9-24-20(31(3,27)28)26-18(11)19(25-12)23-8-10-4-5-10;5-3-1-7-2-4(3)6/h5-6,8,11,13,15H,3-4,7,9-10,26H2,1-2H3,(H,27,29)(H,28,30,31);6-7,9-10H,4-5,8H2,1-3H3,(H,23,25);3-4H,1-2,5-6H2/t13-,15+;;3-,4+/m0../s1. The molecule has 6 aromatic rings. The van der Waals surface area contributed by atoms with Gasteiger partial charge in [-0.25, -0.2) is 38.3 Å². The minimum Gasteiger partial charge on any atom is -0.495 e. The lowest BCUT2D eigenvalue weighted by Crippen LogP contribution is -2.39. The first-order chi connectivity index (χ1) is 34.5. The van der Waals surface area contributed by atoms with Crippen molar-refractivity contribution in [2.24, 2.45) is 29.0 Å². The van der Waals surface area contributed by atoms with E-state index in [2.05, 4.69) is 30.9 Å². The maximum atomic E-state index is 12.0. The van der Waals surface area contributed by atoms with Crippen LogP contribution in [0.4, 0.5) is 17.6 Å². The Labute approximate surface area is 436 Å². The van der Waals surface area contributed by atoms with E-state index in [0.29, 0.717) is 134 Å². The van der Waals surface area contributed by atoms with Gasteiger partial charge in [0.1, 0.15) is 34.0 Å². The fraction of sp³-hybridized carbons (Fsp3) is 0.447. The minimum atomic E-state index is -3.58. The van der Waals surface area contributed by atoms with Crippen molar-refractivity contribution < 1.29 is 36.8 Å². The number of nitrogens with one attached hydrogen (secondary N) is 3. The van der Waals surface area contributed by atoms with Gasteiger partial charge in [-0.05, 0) is 49.7 Å². The molecule has 9 N–H and O–H groups in total. The summed E-state index contributed by atoms with van der Waals surface area (Å²) in [6, 6.07) is 6.80. The minimum absolute atomic E-state index is 0.0468. The van der Waals surface area contributed by atoms with Crippen LogP contribution < -0.4 is 52.1 Å². The largest absolute Gasteiger partial charge is 0.495 e. The number of anilines is 3. The molecule has 4 atom stereocenters. The van der Waals surface area contributed by atoms with E-state index in [9.17, 15) is 8.42 Å². The van der Waals surface area contributed by atoms with Crippen LogP contribution in [-0.2, 0) is 19.3 Å². The molecule has 2 saturated heterocycles. The first-order valence-electron chi connectivity index (χ1n) is 22.9. The van der Waals surface area contributed by atoms with Crippen molar-refractivity contribution in [2.45, 2.75) is 55.0 Å². The summed E-state index contributed by atoms with van der Waals surface area (Å²) in [6.07, 6.45) is 8.95. The number of nitrogens with two attached hydrogens (primary N) is 3. The van der Waals surface area contributed by atoms with Crippen molar-refractivity contribution in [1.29, 1.82) is 0 Å². The van der Waals surface area contributed by atoms with Gasteiger partial charge in [0.15, 0.2) is 11.6 Å². The monoisotopic (exact) mass is 1090 g/mol. The summed E-state index contributed by atoms with van der Waals surface area (Å²) in [7, 11) is 2.49. The molecule has 6 heterocycles. The highest BCUT2D eigenvalue weighted by Crippen LogP contribution is 2.48. The van der Waals surface area contributed by atoms with Crippen molar-refractivity contribution >= 4 is 95.6 Å². The number of benzene rings is 2. The molecule has 2 saturated carbocycles. The quantitative estimate of drug-likeness (QED) is 0.0571. The summed E-state index contributed by atoms with van der Waals surface area (Å²) < 4.78 is 55.8. The number of pyridine rings is 2. The summed E-state index contributed by atoms with van der Waals surface area (Å²) in [5, 5.41) is 12.4. The Morgan fingerprint density at radius 3 is 1.39 bits per heavy atom. The topological polar surface area (TPSA) is 281 Å². The third-order valence-corrected chi connectivity index (χ3v) is 14.6. The number of aromatic nitrogens is 6. The van der Waals surface area contributed by atoms with E-state index in [-0.39, 0.29) is 39.4 Å². The average Bonchev–Trinajstić information content (AvgIpc) is 4.30. The molecule has 0 unspecified atom stereocenters. The molecule has 4 fully saturated rings. The number of rotatable bonds is 15. The third kappa shape index (κ3) is 12.3. The fourth-order valence-electron chi connectivity index (χ4n) is 7.63. The van der Waals surface area contributed by atoms with Crippen LogP contribution in [0.2, 0.25) is 20.1 Å². The zero-order valence-corrected chi connectivity index (χ0v) is 43.9. The number of sulfone groups is 1. The molecule has 10 rings (SSSR count). The van der Waals surface area contributed by atoms with Gasteiger partial charge in [0.2, 0.25) is 20.9 Å². The second kappa shape index (κ2) is 23.0. The summed E-state index contributed by atoms with van der Waals surface area (Å²) in [4.78, 5) is 27.1. The lowest BCUT2D eigenvalue weighted by Gasteiger charge is -2.17. The molecular weight excluding hydrogens is 1030 g/mol. The Balaban J connectivity index is 0.000000170. The summed E-state index contributed by atoms with van der Waals surface area (Å²) >= 11 is 26.5. The third-order valence-electron chi connectivity index (χ3n) is 12.2. The number of hydrogen-bond acceptors (Lipinski definition) is 20. The van der Waals surface area contributed by atoms with E-state index in [0.717, 1.165) is 31.0 Å². The van der Waals surface area contributed by atoms with Crippen molar-refractivity contribution in [2.75, 3.05) is 90.2 Å². The van der Waals surface area contributed by atoms with E-state index >= 15 is 0 Å². The number of nitrogens with zero attached hydrogens (tertiary/aromatic N) is 6. The van der Waals surface area contributed by atoms with Crippen molar-refractivity contribution in [1.82, 2.24) is 29.9 Å². The molecule has 72 heavy (non-hydrogen) atoms. The molecule has 386 valence electrons. The van der Waals surface area contributed by atoms with E-state index in [1.165, 1.54) is 33.3 Å². The summed E-state index contributed by atoms with van der Waals surface area (Å²) in [5.74, 6) is 4.38. The van der Waals surface area contributed by atoms with Crippen molar-refractivity contribution in [3.05, 3.63) is 56.7 Å². The zero-order valence-electron chi connectivity index (χ0n) is 40.1. The van der Waals surface area contributed by atoms with Gasteiger partial charge >= 0.3 is 0 Å². The Morgan fingerprint density at radius 1 is 0.597 bits per heavy atom. The van der Waals surface area contributed by atoms with Crippen LogP contribution in [0, 0.1) is 11.8 Å². The number of methoxy groups -OCH3 is 4. The molecule has 25 heteroatoms. The zero-order chi connectivity index (χ0) is 51.4. The van der Waals surface area contributed by atoms with Crippen LogP contribution in [-0.4, -0.2) is 137 Å². The molecule has 0 bridgehead atoms. The Morgan fingerprint density at radius 2 is 1.01 bits per heavy atom. The van der Waals surface area contributed by atoms with Crippen LogP contribution in [0.3, 0.4) is 0 Å². The highest BCUT2D eigenvalue weighted by Gasteiger charge is 2.29. The van der Waals surface area contributed by atoms with E-state index in [1.54, 1.807) is 38.6 Å². The number of halogens is 4. The van der Waals surface area contributed by atoms with E-state index in [4.69, 9.17) is 107 Å². The summed E-state index contributed by atoms with van der Waals surface area (Å²) in [5.41, 5.74) is 20.0. The predicted octanol–water partition coefficient (Wildman–Crippen LogP) is 6.89. The Bertz CT molecular complexity index is 3000. The Hall–Kier alpha value is -5.07. The molecule has 0 amide bonds. The molecule has 4 aliphatic rings. The molecule has 0 spiro atoms. The lowest BCUT2D eigenvalue weighted by atomic mass is 10.1. The highest BCUT2D eigenvalue weighted by atomic mass is 35.5. The van der Waals surface area contributed by atoms with E-state index in [1.807, 2.05) is 6.07 Å². The first-order valence-corrected chi connectivity index (χ1v) is 26.3. The molecule has 2 aliphatic carbocycles. The average molecular weight is 1090 g/mol. The van der Waals surface area contributed by atoms with Gasteiger partial charge in [-0.15, -0.1) is 0 Å². The van der Waals surface area contributed by atoms with Gasteiger partial charge in [0.25, 0.3) is 0 Å². The number of ether oxygens (including phenoxy) is 6. The van der Waals surface area contributed by atoms with Crippen molar-refractivity contribution in [3.8, 4) is 45.5 Å². The van der Waals surface area contributed by atoms with Gasteiger partial charge in [0.05, 0.1) is 98.4 Å².